The van der Waals surface area contributed by atoms with Gasteiger partial charge in [-0.15, -0.1) is 0 Å². The molecule has 7 nitrogen and oxygen atoms in total. The van der Waals surface area contributed by atoms with E-state index in [1.807, 2.05) is 0 Å². The molecule has 1 unspecified atom stereocenters. The number of carbonyl (C=O) groups excluding carboxylic acids is 1. The van der Waals surface area contributed by atoms with Crippen LogP contribution in [0.25, 0.3) is 11.3 Å². The van der Waals surface area contributed by atoms with E-state index in [1.165, 1.54) is 12.1 Å². The highest BCUT2D eigenvalue weighted by atomic mass is 19.1. The molecule has 1 aliphatic heterocycles. The molecule has 3 aromatic rings. The number of halogens is 1. The van der Waals surface area contributed by atoms with Crippen LogP contribution in [-0.4, -0.2) is 27.6 Å². The lowest BCUT2D eigenvalue weighted by atomic mass is 10.1. The lowest BCUT2D eigenvalue weighted by Gasteiger charge is -2.14. The summed E-state index contributed by atoms with van der Waals surface area (Å²) in [6.07, 6.45) is 2.32. The maximum Gasteiger partial charge on any atom is 0.272 e. The first-order chi connectivity index (χ1) is 12.6. The Morgan fingerprint density at radius 1 is 1.35 bits per heavy atom. The predicted molar refractivity (Wildman–Crippen MR) is 91.8 cm³/mol. The van der Waals surface area contributed by atoms with E-state index in [4.69, 9.17) is 4.42 Å². The lowest BCUT2D eigenvalue weighted by Crippen LogP contribution is -2.29. The van der Waals surface area contributed by atoms with Crippen molar-refractivity contribution in [2.24, 2.45) is 0 Å². The number of carbonyl (C=O) groups is 1. The van der Waals surface area contributed by atoms with Crippen molar-refractivity contribution in [1.29, 1.82) is 0 Å². The standard InChI is InChI=1S/C18H18FN5O2/c1-10(18-21-9-15(26-18)11-2-4-12(19)5-3-11)22-17(25)16-13-6-7-20-8-14(13)23-24-16/h2-5,9-10,20H,6-8H2,1H3,(H,22,25)(H,23,24). The van der Waals surface area contributed by atoms with Crippen molar-refractivity contribution in [3.8, 4) is 11.3 Å². The molecule has 1 amide bonds. The van der Waals surface area contributed by atoms with Crippen LogP contribution >= 0.6 is 0 Å². The van der Waals surface area contributed by atoms with Gasteiger partial charge in [-0.25, -0.2) is 9.37 Å². The van der Waals surface area contributed by atoms with Crippen molar-refractivity contribution >= 4 is 5.91 Å². The van der Waals surface area contributed by atoms with Crippen LogP contribution in [0.2, 0.25) is 0 Å². The first-order valence-electron chi connectivity index (χ1n) is 8.41. The van der Waals surface area contributed by atoms with Gasteiger partial charge in [0.25, 0.3) is 5.91 Å². The molecule has 1 atom stereocenters. The number of nitrogens with zero attached hydrogens (tertiary/aromatic N) is 2. The van der Waals surface area contributed by atoms with E-state index in [0.29, 0.717) is 23.9 Å². The van der Waals surface area contributed by atoms with Crippen LogP contribution in [0.3, 0.4) is 0 Å². The van der Waals surface area contributed by atoms with Gasteiger partial charge in [0.2, 0.25) is 5.89 Å². The van der Waals surface area contributed by atoms with Crippen LogP contribution in [0, 0.1) is 5.82 Å². The fraction of sp³-hybridized carbons (Fsp3) is 0.278. The van der Waals surface area contributed by atoms with Crippen molar-refractivity contribution in [1.82, 2.24) is 25.8 Å². The number of aromatic nitrogens is 3. The van der Waals surface area contributed by atoms with Gasteiger partial charge in [0.1, 0.15) is 11.9 Å². The second kappa shape index (κ2) is 6.72. The molecule has 0 saturated carbocycles. The molecule has 3 heterocycles. The number of oxazole rings is 1. The number of rotatable bonds is 4. The lowest BCUT2D eigenvalue weighted by molar-refractivity contribution is 0.0928. The molecule has 0 aliphatic carbocycles. The van der Waals surface area contributed by atoms with Crippen molar-refractivity contribution < 1.29 is 13.6 Å². The van der Waals surface area contributed by atoms with Gasteiger partial charge in [0.15, 0.2) is 11.5 Å². The summed E-state index contributed by atoms with van der Waals surface area (Å²) in [6, 6.07) is 5.53. The zero-order valence-corrected chi connectivity index (χ0v) is 14.2. The number of benzene rings is 1. The molecule has 0 fully saturated rings. The highest BCUT2D eigenvalue weighted by molar-refractivity contribution is 5.94. The number of nitrogens with one attached hydrogen (secondary N) is 3. The molecule has 2 aromatic heterocycles. The zero-order valence-electron chi connectivity index (χ0n) is 14.2. The second-order valence-corrected chi connectivity index (χ2v) is 6.22. The largest absolute Gasteiger partial charge is 0.438 e. The maximum absolute atomic E-state index is 13.0. The highest BCUT2D eigenvalue weighted by Crippen LogP contribution is 2.24. The number of hydrogen-bond donors (Lipinski definition) is 3. The number of fused-ring (bicyclic) bond motifs is 1. The summed E-state index contributed by atoms with van der Waals surface area (Å²) in [5, 5.41) is 13.1. The summed E-state index contributed by atoms with van der Waals surface area (Å²) in [5.41, 5.74) is 3.04. The third kappa shape index (κ3) is 3.11. The Bertz CT molecular complexity index is 931. The summed E-state index contributed by atoms with van der Waals surface area (Å²) in [6.45, 7) is 3.30. The fourth-order valence-electron chi connectivity index (χ4n) is 2.99. The molecule has 26 heavy (non-hydrogen) atoms. The first kappa shape index (κ1) is 16.5. The molecule has 0 saturated heterocycles. The monoisotopic (exact) mass is 355 g/mol. The van der Waals surface area contributed by atoms with E-state index in [1.54, 1.807) is 25.3 Å². The van der Waals surface area contributed by atoms with Crippen LogP contribution in [-0.2, 0) is 13.0 Å². The van der Waals surface area contributed by atoms with Gasteiger partial charge < -0.3 is 15.1 Å². The molecular weight excluding hydrogens is 337 g/mol. The molecule has 8 heteroatoms. The van der Waals surface area contributed by atoms with E-state index in [-0.39, 0.29) is 11.7 Å². The van der Waals surface area contributed by atoms with Crippen LogP contribution in [0.1, 0.15) is 40.6 Å². The Morgan fingerprint density at radius 2 is 2.15 bits per heavy atom. The number of aromatic amines is 1. The van der Waals surface area contributed by atoms with Crippen LogP contribution in [0.5, 0.6) is 0 Å². The van der Waals surface area contributed by atoms with Crippen molar-refractivity contribution in [2.45, 2.75) is 25.9 Å². The maximum atomic E-state index is 13.0. The normalized spacial score (nSPS) is 14.7. The number of hydrogen-bond acceptors (Lipinski definition) is 5. The van der Waals surface area contributed by atoms with E-state index < -0.39 is 6.04 Å². The Hall–Kier alpha value is -3.00. The fourth-order valence-corrected chi connectivity index (χ4v) is 2.99. The Morgan fingerprint density at radius 3 is 2.96 bits per heavy atom. The third-order valence-electron chi connectivity index (χ3n) is 4.39. The van der Waals surface area contributed by atoms with Gasteiger partial charge in [-0.3, -0.25) is 9.89 Å². The molecular formula is C18H18FN5O2. The summed E-state index contributed by atoms with van der Waals surface area (Å²) in [5.74, 6) is 0.318. The average Bonchev–Trinajstić information content (AvgIpc) is 3.30. The molecule has 3 N–H and O–H groups in total. The summed E-state index contributed by atoms with van der Waals surface area (Å²) < 4.78 is 18.7. The summed E-state index contributed by atoms with van der Waals surface area (Å²) >= 11 is 0. The SMILES string of the molecule is CC(NC(=O)c1n[nH]c2c1CCNC2)c1ncc(-c2ccc(F)cc2)o1. The van der Waals surface area contributed by atoms with Gasteiger partial charge in [-0.1, -0.05) is 0 Å². The zero-order chi connectivity index (χ0) is 18.1. The van der Waals surface area contributed by atoms with E-state index in [9.17, 15) is 9.18 Å². The summed E-state index contributed by atoms with van der Waals surface area (Å²) in [4.78, 5) is 16.8. The molecule has 4 rings (SSSR count). The topological polar surface area (TPSA) is 95.8 Å². The highest BCUT2D eigenvalue weighted by Gasteiger charge is 2.24. The minimum atomic E-state index is -0.425. The predicted octanol–water partition coefficient (Wildman–Crippen LogP) is 2.34. The van der Waals surface area contributed by atoms with Crippen molar-refractivity contribution in [2.75, 3.05) is 6.54 Å². The Labute approximate surface area is 149 Å². The van der Waals surface area contributed by atoms with Crippen LogP contribution in [0.4, 0.5) is 4.39 Å². The number of H-pyrrole nitrogens is 1. The Balaban J connectivity index is 1.48. The smallest absolute Gasteiger partial charge is 0.272 e. The van der Waals surface area contributed by atoms with Crippen molar-refractivity contribution in [3.63, 3.8) is 0 Å². The quantitative estimate of drug-likeness (QED) is 0.668. The van der Waals surface area contributed by atoms with E-state index in [0.717, 1.165) is 29.8 Å². The van der Waals surface area contributed by atoms with Gasteiger partial charge in [-0.2, -0.15) is 5.10 Å². The molecule has 0 spiro atoms. The van der Waals surface area contributed by atoms with Gasteiger partial charge >= 0.3 is 0 Å². The van der Waals surface area contributed by atoms with Crippen LogP contribution < -0.4 is 10.6 Å². The van der Waals surface area contributed by atoms with Crippen LogP contribution in [0.15, 0.2) is 34.9 Å². The minimum absolute atomic E-state index is 0.265. The minimum Gasteiger partial charge on any atom is -0.438 e. The van der Waals surface area contributed by atoms with E-state index >= 15 is 0 Å². The van der Waals surface area contributed by atoms with Gasteiger partial charge in [0, 0.05) is 17.7 Å². The van der Waals surface area contributed by atoms with Gasteiger partial charge in [0.05, 0.1) is 11.9 Å². The van der Waals surface area contributed by atoms with Gasteiger partial charge in [-0.05, 0) is 44.2 Å². The molecule has 134 valence electrons. The number of amides is 1. The molecule has 0 radical (unpaired) electrons. The third-order valence-corrected chi connectivity index (χ3v) is 4.39. The first-order valence-corrected chi connectivity index (χ1v) is 8.41. The molecule has 1 aliphatic rings. The molecule has 0 bridgehead atoms. The summed E-state index contributed by atoms with van der Waals surface area (Å²) in [7, 11) is 0. The Kier molecular flexibility index (Phi) is 4.26. The average molecular weight is 355 g/mol. The second-order valence-electron chi connectivity index (χ2n) is 6.22. The van der Waals surface area contributed by atoms with E-state index in [2.05, 4.69) is 25.8 Å². The molecule has 1 aromatic carbocycles. The van der Waals surface area contributed by atoms with Crippen molar-refractivity contribution in [3.05, 3.63) is 59.1 Å².